The molecular formula is C6H2Cl2F2N2O2. The Morgan fingerprint density at radius 1 is 1.50 bits per heavy atom. The Bertz CT molecular complexity index is 386. The Labute approximate surface area is 86.6 Å². The summed E-state index contributed by atoms with van der Waals surface area (Å²) in [4.78, 5) is 12.7. The first-order valence-corrected chi connectivity index (χ1v) is 3.97. The lowest BCUT2D eigenvalue weighted by atomic mass is 10.3. The maximum Gasteiger partial charge on any atom is 0.309 e. The van der Waals surface area contributed by atoms with Crippen molar-refractivity contribution in [3.63, 3.8) is 0 Å². The summed E-state index contributed by atoms with van der Waals surface area (Å²) in [6.45, 7) is 0. The van der Waals surface area contributed by atoms with Crippen LogP contribution in [0.5, 0.6) is 0 Å². The van der Waals surface area contributed by atoms with Gasteiger partial charge < -0.3 is 0 Å². The lowest BCUT2D eigenvalue weighted by molar-refractivity contribution is -0.384. The van der Waals surface area contributed by atoms with Crippen LogP contribution in [0.25, 0.3) is 0 Å². The second kappa shape index (κ2) is 4.02. The zero-order valence-corrected chi connectivity index (χ0v) is 7.89. The molecule has 0 N–H and O–H groups in total. The molecule has 0 aromatic carbocycles. The van der Waals surface area contributed by atoms with Crippen LogP contribution in [0.15, 0.2) is 6.20 Å². The van der Waals surface area contributed by atoms with Crippen molar-refractivity contribution < 1.29 is 13.7 Å². The van der Waals surface area contributed by atoms with Crippen LogP contribution in [0.2, 0.25) is 10.0 Å². The molecule has 4 nitrogen and oxygen atoms in total. The first kappa shape index (κ1) is 11.1. The van der Waals surface area contributed by atoms with Crippen LogP contribution in [-0.2, 0) is 0 Å². The van der Waals surface area contributed by atoms with Gasteiger partial charge in [0.1, 0.15) is 15.7 Å². The largest absolute Gasteiger partial charge is 0.309 e. The van der Waals surface area contributed by atoms with E-state index in [9.17, 15) is 18.9 Å². The molecular weight excluding hydrogens is 241 g/mol. The third kappa shape index (κ3) is 1.91. The third-order valence-corrected chi connectivity index (χ3v) is 2.01. The molecule has 0 fully saturated rings. The van der Waals surface area contributed by atoms with Crippen molar-refractivity contribution in [3.05, 3.63) is 32.1 Å². The number of nitrogens with zero attached hydrogens (tertiary/aromatic N) is 2. The predicted octanol–water partition coefficient (Wildman–Crippen LogP) is 3.23. The van der Waals surface area contributed by atoms with Crippen LogP contribution in [0.4, 0.5) is 14.5 Å². The topological polar surface area (TPSA) is 56.0 Å². The highest BCUT2D eigenvalue weighted by molar-refractivity contribution is 6.38. The molecule has 1 heterocycles. The minimum atomic E-state index is -2.97. The number of hydrogen-bond acceptors (Lipinski definition) is 3. The molecule has 1 aromatic rings. The molecule has 0 amide bonds. The Balaban J connectivity index is 3.41. The molecule has 0 spiro atoms. The summed E-state index contributed by atoms with van der Waals surface area (Å²) in [5.41, 5.74) is -1.60. The summed E-state index contributed by atoms with van der Waals surface area (Å²) < 4.78 is 24.4. The van der Waals surface area contributed by atoms with Gasteiger partial charge in [0.05, 0.1) is 11.1 Å². The molecule has 1 aromatic heterocycles. The molecule has 0 saturated heterocycles. The van der Waals surface area contributed by atoms with Gasteiger partial charge in [-0.2, -0.15) is 0 Å². The molecule has 0 aliphatic carbocycles. The standard InChI is InChI=1S/C6H2Cl2F2N2O2/c7-2-1-11-4(6(9)10)3(8)5(2)12(13)14/h1,6H. The summed E-state index contributed by atoms with van der Waals surface area (Å²) in [5, 5.41) is 9.29. The van der Waals surface area contributed by atoms with Crippen molar-refractivity contribution in [2.45, 2.75) is 6.43 Å². The van der Waals surface area contributed by atoms with Crippen molar-refractivity contribution >= 4 is 28.9 Å². The van der Waals surface area contributed by atoms with Crippen LogP contribution >= 0.6 is 23.2 Å². The summed E-state index contributed by atoms with van der Waals surface area (Å²) in [7, 11) is 0. The normalized spacial score (nSPS) is 10.6. The quantitative estimate of drug-likeness (QED) is 0.591. The first-order valence-electron chi connectivity index (χ1n) is 3.21. The number of pyridine rings is 1. The van der Waals surface area contributed by atoms with Gasteiger partial charge >= 0.3 is 5.69 Å². The Hall–Kier alpha value is -1.01. The zero-order chi connectivity index (χ0) is 10.9. The van der Waals surface area contributed by atoms with Gasteiger partial charge in [0.2, 0.25) is 0 Å². The van der Waals surface area contributed by atoms with Gasteiger partial charge in [0, 0.05) is 0 Å². The van der Waals surface area contributed by atoms with Gasteiger partial charge in [-0.15, -0.1) is 0 Å². The van der Waals surface area contributed by atoms with Crippen molar-refractivity contribution in [1.29, 1.82) is 0 Å². The summed E-state index contributed by atoms with van der Waals surface area (Å²) in [6, 6.07) is 0. The fourth-order valence-corrected chi connectivity index (χ4v) is 1.35. The average molecular weight is 243 g/mol. The Morgan fingerprint density at radius 2 is 2.07 bits per heavy atom. The van der Waals surface area contributed by atoms with Gasteiger partial charge in [0.15, 0.2) is 0 Å². The summed E-state index contributed by atoms with van der Waals surface area (Å²) >= 11 is 10.7. The van der Waals surface area contributed by atoms with Crippen molar-refractivity contribution in [2.75, 3.05) is 0 Å². The molecule has 0 unspecified atom stereocenters. The molecule has 8 heteroatoms. The fraction of sp³-hybridized carbons (Fsp3) is 0.167. The maximum absolute atomic E-state index is 12.2. The van der Waals surface area contributed by atoms with E-state index in [-0.39, 0.29) is 5.02 Å². The first-order chi connectivity index (χ1) is 6.45. The van der Waals surface area contributed by atoms with E-state index < -0.39 is 27.8 Å². The Morgan fingerprint density at radius 3 is 2.50 bits per heavy atom. The highest BCUT2D eigenvalue weighted by Gasteiger charge is 2.26. The molecule has 0 atom stereocenters. The number of alkyl halides is 2. The smallest absolute Gasteiger partial charge is 0.258 e. The molecule has 0 bridgehead atoms. The summed E-state index contributed by atoms with van der Waals surface area (Å²) in [6.07, 6.45) is -2.20. The highest BCUT2D eigenvalue weighted by atomic mass is 35.5. The molecule has 0 aliphatic rings. The van der Waals surface area contributed by atoms with Crippen LogP contribution in [-0.4, -0.2) is 9.91 Å². The number of halogens is 4. The predicted molar refractivity (Wildman–Crippen MR) is 45.9 cm³/mol. The summed E-state index contributed by atoms with van der Waals surface area (Å²) in [5.74, 6) is 0. The average Bonchev–Trinajstić information content (AvgIpc) is 2.02. The lowest BCUT2D eigenvalue weighted by Gasteiger charge is -2.02. The second-order valence-corrected chi connectivity index (χ2v) is 3.00. The zero-order valence-electron chi connectivity index (χ0n) is 6.38. The minimum Gasteiger partial charge on any atom is -0.258 e. The molecule has 0 radical (unpaired) electrons. The van der Waals surface area contributed by atoms with E-state index in [0.717, 1.165) is 6.20 Å². The molecule has 1 rings (SSSR count). The second-order valence-electron chi connectivity index (χ2n) is 2.21. The number of nitro groups is 1. The van der Waals surface area contributed by atoms with E-state index in [0.29, 0.717) is 0 Å². The van der Waals surface area contributed by atoms with Gasteiger partial charge in [-0.3, -0.25) is 15.1 Å². The van der Waals surface area contributed by atoms with E-state index >= 15 is 0 Å². The fourth-order valence-electron chi connectivity index (χ4n) is 0.790. The van der Waals surface area contributed by atoms with E-state index in [1.807, 2.05) is 0 Å². The van der Waals surface area contributed by atoms with Gasteiger partial charge in [-0.25, -0.2) is 8.78 Å². The SMILES string of the molecule is O=[N+]([O-])c1c(Cl)cnc(C(F)F)c1Cl. The van der Waals surface area contributed by atoms with Crippen molar-refractivity contribution in [3.8, 4) is 0 Å². The lowest BCUT2D eigenvalue weighted by Crippen LogP contribution is -1.98. The van der Waals surface area contributed by atoms with Crippen LogP contribution in [0, 0.1) is 10.1 Å². The molecule has 76 valence electrons. The van der Waals surface area contributed by atoms with Crippen LogP contribution in [0.3, 0.4) is 0 Å². The molecule has 0 saturated carbocycles. The number of rotatable bonds is 2. The third-order valence-electron chi connectivity index (χ3n) is 1.37. The van der Waals surface area contributed by atoms with E-state index in [1.54, 1.807) is 0 Å². The minimum absolute atomic E-state index is 0.371. The van der Waals surface area contributed by atoms with Gasteiger partial charge in [0.25, 0.3) is 6.43 Å². The molecule has 14 heavy (non-hydrogen) atoms. The molecule has 0 aliphatic heterocycles. The maximum atomic E-state index is 12.2. The van der Waals surface area contributed by atoms with Crippen molar-refractivity contribution in [2.24, 2.45) is 0 Å². The van der Waals surface area contributed by atoms with Crippen LogP contribution < -0.4 is 0 Å². The Kier molecular flexibility index (Phi) is 3.17. The van der Waals surface area contributed by atoms with E-state index in [2.05, 4.69) is 4.98 Å². The monoisotopic (exact) mass is 242 g/mol. The van der Waals surface area contributed by atoms with E-state index in [4.69, 9.17) is 23.2 Å². The van der Waals surface area contributed by atoms with Crippen molar-refractivity contribution in [1.82, 2.24) is 4.98 Å². The number of aromatic nitrogens is 1. The highest BCUT2D eigenvalue weighted by Crippen LogP contribution is 2.37. The number of hydrogen-bond donors (Lipinski definition) is 0. The van der Waals surface area contributed by atoms with Crippen LogP contribution in [0.1, 0.15) is 12.1 Å². The van der Waals surface area contributed by atoms with Gasteiger partial charge in [-0.1, -0.05) is 23.2 Å². The van der Waals surface area contributed by atoms with E-state index in [1.165, 1.54) is 0 Å². The van der Waals surface area contributed by atoms with Gasteiger partial charge in [-0.05, 0) is 0 Å².